The standard InChI is InChI=1S/C25H24N2OS/c1-14-13-26-20(11-16(14)12-25(3,4)5)19-8-6-7-17-18-9-10-21-22(27-15(2)29-21)24(18)28-23(17)19/h6-11,13H,12H2,1-5H3/i1D3,12D2. The van der Waals surface area contributed by atoms with E-state index in [-0.39, 0.29) is 11.1 Å². The average Bonchev–Trinajstić information content (AvgIpc) is 3.31. The first-order valence-corrected chi connectivity index (χ1v) is 10.3. The molecule has 0 aliphatic heterocycles. The van der Waals surface area contributed by atoms with E-state index < -0.39 is 18.6 Å². The molecule has 0 saturated heterocycles. The maximum absolute atomic E-state index is 8.80. The van der Waals surface area contributed by atoms with Gasteiger partial charge in [-0.05, 0) is 61.0 Å². The van der Waals surface area contributed by atoms with Crippen LogP contribution in [-0.2, 0) is 6.37 Å². The van der Waals surface area contributed by atoms with Crippen molar-refractivity contribution in [2.75, 3.05) is 0 Å². The molecule has 3 aromatic heterocycles. The Morgan fingerprint density at radius 2 is 1.97 bits per heavy atom. The second kappa shape index (κ2) is 6.39. The van der Waals surface area contributed by atoms with Gasteiger partial charge in [-0.2, -0.15) is 0 Å². The van der Waals surface area contributed by atoms with Crippen molar-refractivity contribution in [1.82, 2.24) is 9.97 Å². The van der Waals surface area contributed by atoms with Gasteiger partial charge in [0.2, 0.25) is 0 Å². The summed E-state index contributed by atoms with van der Waals surface area (Å²) in [6.45, 7) is 4.76. The zero-order chi connectivity index (χ0) is 24.6. The van der Waals surface area contributed by atoms with Crippen molar-refractivity contribution in [2.24, 2.45) is 5.41 Å². The fourth-order valence-corrected chi connectivity index (χ4v) is 4.50. The maximum Gasteiger partial charge on any atom is 0.162 e. The Labute approximate surface area is 181 Å². The molecule has 0 fully saturated rings. The van der Waals surface area contributed by atoms with Crippen LogP contribution in [0.15, 0.2) is 47.0 Å². The smallest absolute Gasteiger partial charge is 0.162 e. The lowest BCUT2D eigenvalue weighted by atomic mass is 9.86. The van der Waals surface area contributed by atoms with Gasteiger partial charge in [-0.15, -0.1) is 11.3 Å². The number of fused-ring (bicyclic) bond motifs is 5. The van der Waals surface area contributed by atoms with Gasteiger partial charge in [0.15, 0.2) is 5.58 Å². The minimum Gasteiger partial charge on any atom is -0.453 e. The lowest BCUT2D eigenvalue weighted by molar-refractivity contribution is 0.410. The molecule has 0 aliphatic carbocycles. The van der Waals surface area contributed by atoms with E-state index in [2.05, 4.69) is 9.97 Å². The molecule has 0 amide bonds. The number of benzene rings is 2. The first-order chi connectivity index (χ1) is 15.8. The zero-order valence-electron chi connectivity index (χ0n) is 21.8. The highest BCUT2D eigenvalue weighted by Crippen LogP contribution is 2.39. The second-order valence-corrected chi connectivity index (χ2v) is 9.53. The van der Waals surface area contributed by atoms with E-state index in [4.69, 9.17) is 11.3 Å². The highest BCUT2D eigenvalue weighted by atomic mass is 32.1. The van der Waals surface area contributed by atoms with Crippen molar-refractivity contribution >= 4 is 43.5 Å². The normalized spacial score (nSPS) is 15.9. The first-order valence-electron chi connectivity index (χ1n) is 12.0. The minimum absolute atomic E-state index is 0.0763. The predicted molar refractivity (Wildman–Crippen MR) is 123 cm³/mol. The van der Waals surface area contributed by atoms with Crippen molar-refractivity contribution in [2.45, 2.75) is 40.9 Å². The van der Waals surface area contributed by atoms with E-state index in [0.717, 1.165) is 26.0 Å². The molecule has 0 spiro atoms. The summed E-state index contributed by atoms with van der Waals surface area (Å²) in [4.78, 5) is 9.11. The maximum atomic E-state index is 8.80. The van der Waals surface area contributed by atoms with E-state index in [1.165, 1.54) is 6.20 Å². The number of hydrogen-bond acceptors (Lipinski definition) is 4. The second-order valence-electron chi connectivity index (χ2n) is 8.30. The first kappa shape index (κ1) is 13.5. The van der Waals surface area contributed by atoms with Crippen LogP contribution in [0.1, 0.15) is 43.8 Å². The molecule has 0 atom stereocenters. The molecular weight excluding hydrogens is 376 g/mol. The number of para-hydroxylation sites is 1. The highest BCUT2D eigenvalue weighted by molar-refractivity contribution is 7.18. The lowest BCUT2D eigenvalue weighted by Crippen LogP contribution is -2.10. The number of aromatic nitrogens is 2. The van der Waals surface area contributed by atoms with Crippen LogP contribution in [0.5, 0.6) is 0 Å². The van der Waals surface area contributed by atoms with Crippen molar-refractivity contribution in [3.05, 3.63) is 58.7 Å². The van der Waals surface area contributed by atoms with E-state index in [1.54, 1.807) is 38.2 Å². The third-order valence-corrected chi connectivity index (χ3v) is 5.76. The Bertz CT molecular complexity index is 1570. The van der Waals surface area contributed by atoms with Crippen molar-refractivity contribution in [1.29, 1.82) is 0 Å². The molecule has 0 saturated carbocycles. The number of hydrogen-bond donors (Lipinski definition) is 0. The zero-order valence-corrected chi connectivity index (χ0v) is 17.6. The molecule has 0 radical (unpaired) electrons. The molecule has 146 valence electrons. The number of nitrogens with zero attached hydrogens (tertiary/aromatic N) is 2. The topological polar surface area (TPSA) is 38.9 Å². The monoisotopic (exact) mass is 405 g/mol. The fourth-order valence-electron chi connectivity index (χ4n) is 3.67. The molecule has 5 rings (SSSR count). The molecule has 3 heterocycles. The third-order valence-electron chi connectivity index (χ3n) is 4.82. The Balaban J connectivity index is 1.80. The van der Waals surface area contributed by atoms with Crippen LogP contribution in [0.4, 0.5) is 0 Å². The average molecular weight is 406 g/mol. The summed E-state index contributed by atoms with van der Waals surface area (Å²) in [5.74, 6) is 0. The molecule has 0 aliphatic rings. The molecule has 2 aromatic carbocycles. The van der Waals surface area contributed by atoms with Crippen LogP contribution >= 0.6 is 11.3 Å². The summed E-state index contributed by atoms with van der Waals surface area (Å²) in [6, 6.07) is 11.4. The minimum atomic E-state index is -2.49. The number of aryl methyl sites for hydroxylation is 2. The quantitative estimate of drug-likeness (QED) is 0.306. The Morgan fingerprint density at radius 3 is 2.76 bits per heavy atom. The van der Waals surface area contributed by atoms with Crippen molar-refractivity contribution in [3.8, 4) is 11.3 Å². The molecule has 29 heavy (non-hydrogen) atoms. The van der Waals surface area contributed by atoms with Crippen LogP contribution in [0.25, 0.3) is 43.4 Å². The third kappa shape index (κ3) is 3.12. The molecule has 0 unspecified atom stereocenters. The van der Waals surface area contributed by atoms with E-state index in [0.29, 0.717) is 22.4 Å². The number of thiazole rings is 1. The fraction of sp³-hybridized carbons (Fsp3) is 0.280. The molecule has 0 bridgehead atoms. The highest BCUT2D eigenvalue weighted by Gasteiger charge is 2.18. The number of pyridine rings is 1. The van der Waals surface area contributed by atoms with Gasteiger partial charge in [0, 0.05) is 29.4 Å². The molecular formula is C25H24N2OS. The van der Waals surface area contributed by atoms with Crippen LogP contribution in [-0.4, -0.2) is 9.97 Å². The van der Waals surface area contributed by atoms with Gasteiger partial charge in [0.25, 0.3) is 0 Å². The lowest BCUT2D eigenvalue weighted by Gasteiger charge is -2.20. The van der Waals surface area contributed by atoms with Crippen molar-refractivity contribution in [3.63, 3.8) is 0 Å². The van der Waals surface area contributed by atoms with Gasteiger partial charge in [-0.25, -0.2) is 4.98 Å². The van der Waals surface area contributed by atoms with Crippen LogP contribution in [0.2, 0.25) is 0 Å². The summed E-state index contributed by atoms with van der Waals surface area (Å²) >= 11 is 1.61. The summed E-state index contributed by atoms with van der Waals surface area (Å²) in [7, 11) is 0. The van der Waals surface area contributed by atoms with Crippen LogP contribution < -0.4 is 0 Å². The Hall–Kier alpha value is -2.72. The molecule has 0 N–H and O–H groups in total. The molecule has 3 nitrogen and oxygen atoms in total. The van der Waals surface area contributed by atoms with Gasteiger partial charge in [0.1, 0.15) is 11.1 Å². The van der Waals surface area contributed by atoms with Gasteiger partial charge in [-0.1, -0.05) is 32.9 Å². The largest absolute Gasteiger partial charge is 0.453 e. The van der Waals surface area contributed by atoms with E-state index in [1.807, 2.05) is 37.3 Å². The summed E-state index contributed by atoms with van der Waals surface area (Å²) in [5, 5.41) is 2.81. The van der Waals surface area contributed by atoms with Crippen LogP contribution in [0, 0.1) is 19.2 Å². The summed E-state index contributed by atoms with van der Waals surface area (Å²) in [6.07, 6.45) is -0.620. The van der Waals surface area contributed by atoms with Crippen LogP contribution in [0.3, 0.4) is 0 Å². The van der Waals surface area contributed by atoms with Gasteiger partial charge in [-0.3, -0.25) is 4.98 Å². The Morgan fingerprint density at radius 1 is 1.14 bits per heavy atom. The Kier molecular flexibility index (Phi) is 2.97. The summed E-state index contributed by atoms with van der Waals surface area (Å²) < 4.78 is 48.9. The van der Waals surface area contributed by atoms with Gasteiger partial charge < -0.3 is 4.42 Å². The van der Waals surface area contributed by atoms with Crippen molar-refractivity contribution < 1.29 is 11.3 Å². The molecule has 5 aromatic rings. The van der Waals surface area contributed by atoms with Gasteiger partial charge >= 0.3 is 0 Å². The molecule has 4 heteroatoms. The predicted octanol–water partition coefficient (Wildman–Crippen LogP) is 7.46. The number of furan rings is 1. The van der Waals surface area contributed by atoms with Gasteiger partial charge in [0.05, 0.1) is 15.4 Å². The van der Waals surface area contributed by atoms with E-state index in [9.17, 15) is 0 Å². The number of rotatable bonds is 2. The summed E-state index contributed by atoms with van der Waals surface area (Å²) in [5.41, 5.74) is 2.50. The van der Waals surface area contributed by atoms with E-state index >= 15 is 0 Å². The SMILES string of the molecule is [2H]C([2H])([2H])c1cnc(-c2cccc3c2oc2c3ccc3sc(C)nc32)cc1C([2H])([2H])C(C)(C)C.